The zero-order valence-corrected chi connectivity index (χ0v) is 15.8. The predicted molar refractivity (Wildman–Crippen MR) is 101 cm³/mol. The third-order valence-electron chi connectivity index (χ3n) is 5.00. The fraction of sp³-hybridized carbons (Fsp3) is 0.238. The van der Waals surface area contributed by atoms with Gasteiger partial charge < -0.3 is 14.7 Å². The van der Waals surface area contributed by atoms with Crippen LogP contribution in [0.3, 0.4) is 0 Å². The Bertz CT molecular complexity index is 1070. The number of rotatable bonds is 2. The molecule has 2 heterocycles. The maximum atomic E-state index is 13.4. The Balaban J connectivity index is 1.60. The van der Waals surface area contributed by atoms with Gasteiger partial charge in [-0.25, -0.2) is 18.0 Å². The number of hydrogen-bond donors (Lipinski definition) is 1. The largest absolute Gasteiger partial charge is 0.356 e. The number of urea groups is 1. The van der Waals surface area contributed by atoms with Crippen molar-refractivity contribution in [1.82, 2.24) is 10.1 Å². The van der Waals surface area contributed by atoms with Crippen LogP contribution in [0.15, 0.2) is 40.9 Å². The van der Waals surface area contributed by atoms with Gasteiger partial charge >= 0.3 is 6.03 Å². The maximum Gasteiger partial charge on any atom is 0.322 e. The van der Waals surface area contributed by atoms with Crippen LogP contribution in [0.1, 0.15) is 23.7 Å². The van der Waals surface area contributed by atoms with E-state index >= 15 is 0 Å². The Kier molecular flexibility index (Phi) is 4.77. The molecule has 29 heavy (non-hydrogen) atoms. The highest BCUT2D eigenvalue weighted by Crippen LogP contribution is 2.33. The van der Waals surface area contributed by atoms with Crippen LogP contribution in [0.25, 0.3) is 11.3 Å². The zero-order valence-electron chi connectivity index (χ0n) is 15.8. The highest BCUT2D eigenvalue weighted by Gasteiger charge is 2.32. The number of hydrogen-bond acceptors (Lipinski definition) is 3. The molecule has 1 N–H and O–H groups in total. The molecule has 0 bridgehead atoms. The number of anilines is 1. The molecule has 2 amide bonds. The molecular weight excluding hydrogens is 383 g/mol. The summed E-state index contributed by atoms with van der Waals surface area (Å²) in [5.41, 5.74) is 3.33. The standard InChI is InChI=1S/C21H18F3N3O2/c1-11-4-3-5-13(6-11)20-15-10-27(12(2)7-18(15)26-29-20)21(28)25-14-8-16(22)19(24)17(23)9-14/h3-6,8-9,12H,7,10H2,1-2H3,(H,25,28)/t12-/m0/s1. The summed E-state index contributed by atoms with van der Waals surface area (Å²) < 4.78 is 45.6. The van der Waals surface area contributed by atoms with Gasteiger partial charge in [0.2, 0.25) is 0 Å². The van der Waals surface area contributed by atoms with Gasteiger partial charge in [-0.05, 0) is 19.9 Å². The molecule has 0 spiro atoms. The van der Waals surface area contributed by atoms with Gasteiger partial charge in [-0.2, -0.15) is 0 Å². The summed E-state index contributed by atoms with van der Waals surface area (Å²) in [4.78, 5) is 14.3. The van der Waals surface area contributed by atoms with Crippen molar-refractivity contribution in [3.05, 3.63) is 70.7 Å². The molecule has 0 saturated carbocycles. The van der Waals surface area contributed by atoms with E-state index in [1.807, 2.05) is 38.1 Å². The van der Waals surface area contributed by atoms with Crippen LogP contribution in [0.2, 0.25) is 0 Å². The Morgan fingerprint density at radius 1 is 1.21 bits per heavy atom. The molecular formula is C21H18F3N3O2. The van der Waals surface area contributed by atoms with Gasteiger partial charge in [0.05, 0.1) is 12.2 Å². The minimum atomic E-state index is -1.58. The Labute approximate surface area is 165 Å². The molecule has 1 aliphatic rings. The lowest BCUT2D eigenvalue weighted by Crippen LogP contribution is -2.44. The van der Waals surface area contributed by atoms with Gasteiger partial charge in [-0.1, -0.05) is 28.9 Å². The number of carbonyl (C=O) groups is 1. The lowest BCUT2D eigenvalue weighted by molar-refractivity contribution is 0.182. The van der Waals surface area contributed by atoms with E-state index < -0.39 is 23.5 Å². The van der Waals surface area contributed by atoms with Gasteiger partial charge in [0.25, 0.3) is 0 Å². The van der Waals surface area contributed by atoms with Crippen molar-refractivity contribution < 1.29 is 22.5 Å². The quantitative estimate of drug-likeness (QED) is 0.612. The first-order valence-electron chi connectivity index (χ1n) is 9.10. The van der Waals surface area contributed by atoms with Crippen molar-refractivity contribution in [3.8, 4) is 11.3 Å². The lowest BCUT2D eigenvalue weighted by Gasteiger charge is -2.32. The minimum Gasteiger partial charge on any atom is -0.356 e. The van der Waals surface area contributed by atoms with Gasteiger partial charge in [-0.3, -0.25) is 0 Å². The first kappa shape index (κ1) is 19.0. The number of nitrogens with zero attached hydrogens (tertiary/aromatic N) is 2. The van der Waals surface area contributed by atoms with E-state index in [0.717, 1.165) is 34.5 Å². The van der Waals surface area contributed by atoms with Crippen molar-refractivity contribution in [2.75, 3.05) is 5.32 Å². The molecule has 0 saturated heterocycles. The van der Waals surface area contributed by atoms with E-state index in [1.54, 1.807) is 0 Å². The van der Waals surface area contributed by atoms with Crippen LogP contribution in [0.4, 0.5) is 23.7 Å². The van der Waals surface area contributed by atoms with Crippen molar-refractivity contribution in [1.29, 1.82) is 0 Å². The van der Waals surface area contributed by atoms with Crippen LogP contribution >= 0.6 is 0 Å². The minimum absolute atomic E-state index is 0.159. The molecule has 0 aliphatic carbocycles. The van der Waals surface area contributed by atoms with Gasteiger partial charge in [-0.15, -0.1) is 0 Å². The van der Waals surface area contributed by atoms with Crippen LogP contribution in [0.5, 0.6) is 0 Å². The molecule has 2 aromatic carbocycles. The summed E-state index contributed by atoms with van der Waals surface area (Å²) in [5, 5.41) is 6.58. The first-order valence-corrected chi connectivity index (χ1v) is 9.10. The average molecular weight is 401 g/mol. The van der Waals surface area contributed by atoms with Crippen LogP contribution in [-0.4, -0.2) is 22.1 Å². The van der Waals surface area contributed by atoms with Gasteiger partial charge in [0.1, 0.15) is 0 Å². The monoisotopic (exact) mass is 401 g/mol. The normalized spacial score (nSPS) is 15.9. The molecule has 3 aromatic rings. The number of aryl methyl sites for hydroxylation is 1. The first-order chi connectivity index (χ1) is 13.8. The summed E-state index contributed by atoms with van der Waals surface area (Å²) in [7, 11) is 0. The fourth-order valence-electron chi connectivity index (χ4n) is 3.49. The topological polar surface area (TPSA) is 58.4 Å². The molecule has 1 atom stereocenters. The number of benzene rings is 2. The molecule has 1 aliphatic heterocycles. The third kappa shape index (κ3) is 3.57. The SMILES string of the molecule is Cc1cccc(-c2onc3c2CN(C(=O)Nc2cc(F)c(F)c(F)c2)[C@@H](C)C3)c1. The Hall–Kier alpha value is -3.29. The molecule has 0 fully saturated rings. The summed E-state index contributed by atoms with van der Waals surface area (Å²) >= 11 is 0. The van der Waals surface area contributed by atoms with Crippen molar-refractivity contribution in [3.63, 3.8) is 0 Å². The second-order valence-corrected chi connectivity index (χ2v) is 7.17. The predicted octanol–water partition coefficient (Wildman–Crippen LogP) is 5.05. The maximum absolute atomic E-state index is 13.4. The van der Waals surface area contributed by atoms with Crippen molar-refractivity contribution >= 4 is 11.7 Å². The number of carbonyl (C=O) groups excluding carboxylic acids is 1. The molecule has 0 unspecified atom stereocenters. The number of halogens is 3. The van der Waals surface area contributed by atoms with Crippen molar-refractivity contribution in [2.45, 2.75) is 32.9 Å². The third-order valence-corrected chi connectivity index (χ3v) is 5.00. The fourth-order valence-corrected chi connectivity index (χ4v) is 3.49. The number of nitrogens with one attached hydrogen (secondary N) is 1. The highest BCUT2D eigenvalue weighted by atomic mass is 19.2. The summed E-state index contributed by atoms with van der Waals surface area (Å²) in [6, 6.07) is 8.47. The van der Waals surface area contributed by atoms with Crippen LogP contribution in [-0.2, 0) is 13.0 Å². The zero-order chi connectivity index (χ0) is 20.7. The summed E-state index contributed by atoms with van der Waals surface area (Å²) in [6.07, 6.45) is 0.476. The molecule has 8 heteroatoms. The van der Waals surface area contributed by atoms with E-state index in [1.165, 1.54) is 4.90 Å². The smallest absolute Gasteiger partial charge is 0.322 e. The van der Waals surface area contributed by atoms with Crippen LogP contribution in [0, 0.1) is 24.4 Å². The summed E-state index contributed by atoms with van der Waals surface area (Å²) in [5.74, 6) is -3.72. The number of amides is 2. The molecule has 4 rings (SSSR count). The molecule has 150 valence electrons. The average Bonchev–Trinajstić information content (AvgIpc) is 3.08. The lowest BCUT2D eigenvalue weighted by atomic mass is 9.97. The highest BCUT2D eigenvalue weighted by molar-refractivity contribution is 5.90. The molecule has 5 nitrogen and oxygen atoms in total. The van der Waals surface area contributed by atoms with E-state index in [9.17, 15) is 18.0 Å². The Morgan fingerprint density at radius 2 is 1.93 bits per heavy atom. The van der Waals surface area contributed by atoms with Crippen molar-refractivity contribution in [2.24, 2.45) is 0 Å². The van der Waals surface area contributed by atoms with E-state index in [2.05, 4.69) is 10.5 Å². The van der Waals surface area contributed by atoms with Gasteiger partial charge in [0, 0.05) is 41.4 Å². The number of aromatic nitrogens is 1. The van der Waals surface area contributed by atoms with Crippen LogP contribution < -0.4 is 5.32 Å². The molecule has 0 radical (unpaired) electrons. The summed E-state index contributed by atoms with van der Waals surface area (Å²) in [6.45, 7) is 4.03. The Morgan fingerprint density at radius 3 is 2.62 bits per heavy atom. The van der Waals surface area contributed by atoms with E-state index in [0.29, 0.717) is 12.2 Å². The van der Waals surface area contributed by atoms with Gasteiger partial charge in [0.15, 0.2) is 23.2 Å². The second-order valence-electron chi connectivity index (χ2n) is 7.17. The second kappa shape index (κ2) is 7.27. The van der Waals surface area contributed by atoms with E-state index in [4.69, 9.17) is 4.52 Å². The number of fused-ring (bicyclic) bond motifs is 1. The van der Waals surface area contributed by atoms with E-state index in [-0.39, 0.29) is 18.3 Å². The molecule has 1 aromatic heterocycles.